The molecule has 4 rings (SSSR count). The van der Waals surface area contributed by atoms with Crippen molar-refractivity contribution in [3.8, 4) is 16.9 Å². The Morgan fingerprint density at radius 2 is 1.87 bits per heavy atom. The standard InChI is InChI=1S/C23H24F2N4OS/c1-31-14-15-9-21-26-7-3-2-4-8-30-20-11-16(24)5-6-17(20)18-12-22(27-13-19(18)25)29-23(10-15)28-21/h5-6,9-13H,2-4,7-8,14H2,1H3,(H2,26,27,28,29). The second-order valence-electron chi connectivity index (χ2n) is 7.33. The lowest BCUT2D eigenvalue weighted by atomic mass is 10.0. The number of hydrogen-bond donors (Lipinski definition) is 2. The number of pyridine rings is 2. The number of nitrogens with zero attached hydrogens (tertiary/aromatic N) is 2. The molecule has 5 nitrogen and oxygen atoms in total. The van der Waals surface area contributed by atoms with Crippen LogP contribution in [0.25, 0.3) is 11.1 Å². The zero-order valence-electron chi connectivity index (χ0n) is 17.3. The summed E-state index contributed by atoms with van der Waals surface area (Å²) in [5.74, 6) is 2.11. The lowest BCUT2D eigenvalue weighted by Crippen LogP contribution is -2.08. The molecule has 1 aliphatic heterocycles. The van der Waals surface area contributed by atoms with Gasteiger partial charge in [-0.3, -0.25) is 0 Å². The van der Waals surface area contributed by atoms with Gasteiger partial charge in [-0.25, -0.2) is 18.7 Å². The van der Waals surface area contributed by atoms with Crippen molar-refractivity contribution >= 4 is 29.2 Å². The number of halogens is 2. The van der Waals surface area contributed by atoms with Crippen molar-refractivity contribution in [2.75, 3.05) is 30.0 Å². The van der Waals surface area contributed by atoms with Gasteiger partial charge in [0.1, 0.15) is 34.8 Å². The maximum absolute atomic E-state index is 14.7. The third-order valence-corrected chi connectivity index (χ3v) is 5.55. The summed E-state index contributed by atoms with van der Waals surface area (Å²) >= 11 is 1.73. The van der Waals surface area contributed by atoms with Gasteiger partial charge in [-0.15, -0.1) is 0 Å². The van der Waals surface area contributed by atoms with Crippen LogP contribution in [-0.4, -0.2) is 29.4 Å². The highest BCUT2D eigenvalue weighted by Gasteiger charge is 2.15. The fraction of sp³-hybridized carbons (Fsp3) is 0.304. The van der Waals surface area contributed by atoms with Gasteiger partial charge in [-0.2, -0.15) is 11.8 Å². The predicted octanol–water partition coefficient (Wildman–Crippen LogP) is 6.00. The van der Waals surface area contributed by atoms with Crippen LogP contribution in [0, 0.1) is 11.6 Å². The molecule has 1 aromatic carbocycles. The minimum absolute atomic E-state index is 0.290. The molecular formula is C23H24F2N4OS. The third-order valence-electron chi connectivity index (χ3n) is 4.93. The lowest BCUT2D eigenvalue weighted by Gasteiger charge is -2.15. The smallest absolute Gasteiger partial charge is 0.149 e. The molecule has 0 saturated heterocycles. The quantitative estimate of drug-likeness (QED) is 0.507. The van der Waals surface area contributed by atoms with E-state index in [4.69, 9.17) is 4.74 Å². The van der Waals surface area contributed by atoms with E-state index in [1.54, 1.807) is 17.8 Å². The Labute approximate surface area is 184 Å². The number of anilines is 3. The Morgan fingerprint density at radius 3 is 2.74 bits per heavy atom. The summed E-state index contributed by atoms with van der Waals surface area (Å²) in [7, 11) is 0. The van der Waals surface area contributed by atoms with Crippen molar-refractivity contribution < 1.29 is 13.5 Å². The van der Waals surface area contributed by atoms with Crippen LogP contribution in [0.2, 0.25) is 0 Å². The van der Waals surface area contributed by atoms with Crippen molar-refractivity contribution in [1.82, 2.24) is 9.97 Å². The molecule has 8 heteroatoms. The van der Waals surface area contributed by atoms with Gasteiger partial charge in [0.25, 0.3) is 0 Å². The summed E-state index contributed by atoms with van der Waals surface area (Å²) in [4.78, 5) is 8.80. The number of nitrogens with one attached hydrogen (secondary N) is 2. The Balaban J connectivity index is 1.76. The number of fused-ring (bicyclic) bond motifs is 6. The molecule has 0 amide bonds. The summed E-state index contributed by atoms with van der Waals surface area (Å²) in [6.45, 7) is 1.22. The van der Waals surface area contributed by atoms with Crippen molar-refractivity contribution in [1.29, 1.82) is 0 Å². The second-order valence-corrected chi connectivity index (χ2v) is 8.20. The molecular weight excluding hydrogens is 418 g/mol. The van der Waals surface area contributed by atoms with E-state index in [0.29, 0.717) is 35.1 Å². The summed E-state index contributed by atoms with van der Waals surface area (Å²) in [5.41, 5.74) is 1.91. The summed E-state index contributed by atoms with van der Waals surface area (Å²) in [5, 5.41) is 6.55. The van der Waals surface area contributed by atoms with Crippen LogP contribution in [0.4, 0.5) is 26.2 Å². The zero-order chi connectivity index (χ0) is 21.6. The normalized spacial score (nSPS) is 14.0. The highest BCUT2D eigenvalue weighted by Crippen LogP contribution is 2.34. The van der Waals surface area contributed by atoms with Crippen molar-refractivity contribution in [3.63, 3.8) is 0 Å². The average Bonchev–Trinajstić information content (AvgIpc) is 2.74. The van der Waals surface area contributed by atoms with Crippen LogP contribution in [0.1, 0.15) is 24.8 Å². The minimum Gasteiger partial charge on any atom is -0.493 e. The second kappa shape index (κ2) is 9.96. The van der Waals surface area contributed by atoms with Gasteiger partial charge in [-0.1, -0.05) is 0 Å². The third kappa shape index (κ3) is 5.44. The fourth-order valence-electron chi connectivity index (χ4n) is 3.48. The largest absolute Gasteiger partial charge is 0.493 e. The van der Waals surface area contributed by atoms with Crippen LogP contribution in [0.3, 0.4) is 0 Å². The molecule has 0 aliphatic carbocycles. The minimum atomic E-state index is -0.505. The lowest BCUT2D eigenvalue weighted by molar-refractivity contribution is 0.305. The number of ether oxygens (including phenoxy) is 1. The number of aromatic nitrogens is 2. The van der Waals surface area contributed by atoms with Crippen molar-refractivity contribution in [2.45, 2.75) is 25.0 Å². The Morgan fingerprint density at radius 1 is 1.00 bits per heavy atom. The predicted molar refractivity (Wildman–Crippen MR) is 122 cm³/mol. The van der Waals surface area contributed by atoms with Gasteiger partial charge in [0.2, 0.25) is 0 Å². The molecule has 2 aromatic heterocycles. The van der Waals surface area contributed by atoms with Crippen molar-refractivity contribution in [3.05, 3.63) is 59.8 Å². The molecule has 31 heavy (non-hydrogen) atoms. The molecule has 2 N–H and O–H groups in total. The molecule has 3 aromatic rings. The summed E-state index contributed by atoms with van der Waals surface area (Å²) < 4.78 is 34.4. The maximum Gasteiger partial charge on any atom is 0.149 e. The molecule has 0 unspecified atom stereocenters. The monoisotopic (exact) mass is 442 g/mol. The van der Waals surface area contributed by atoms with Gasteiger partial charge in [-0.05, 0) is 61.4 Å². The van der Waals surface area contributed by atoms with E-state index in [1.165, 1.54) is 18.2 Å². The molecule has 4 bridgehead atoms. The molecule has 0 atom stereocenters. The van der Waals surface area contributed by atoms with E-state index in [1.807, 2.05) is 12.1 Å². The molecule has 0 radical (unpaired) electrons. The van der Waals surface area contributed by atoms with Gasteiger partial charge in [0.05, 0.1) is 12.8 Å². The Bertz CT molecular complexity index is 1060. The van der Waals surface area contributed by atoms with E-state index in [2.05, 4.69) is 26.9 Å². The highest BCUT2D eigenvalue weighted by molar-refractivity contribution is 7.97. The first-order chi connectivity index (χ1) is 15.1. The highest BCUT2D eigenvalue weighted by atomic mass is 32.2. The van der Waals surface area contributed by atoms with E-state index in [9.17, 15) is 8.78 Å². The maximum atomic E-state index is 14.7. The topological polar surface area (TPSA) is 59.1 Å². The molecule has 0 saturated carbocycles. The summed E-state index contributed by atoms with van der Waals surface area (Å²) in [6.07, 6.45) is 5.91. The molecule has 3 heterocycles. The first kappa shape index (κ1) is 21.4. The SMILES string of the molecule is CSCc1cc2nc(c1)Nc1cc(c(F)cn1)-c1ccc(F)cc1OCCCCCN2. The summed E-state index contributed by atoms with van der Waals surface area (Å²) in [6, 6.07) is 9.74. The number of hydrogen-bond acceptors (Lipinski definition) is 6. The van der Waals surface area contributed by atoms with Gasteiger partial charge in [0.15, 0.2) is 0 Å². The molecule has 1 aliphatic rings. The van der Waals surface area contributed by atoms with E-state index < -0.39 is 11.6 Å². The van der Waals surface area contributed by atoms with Crippen molar-refractivity contribution in [2.24, 2.45) is 0 Å². The van der Waals surface area contributed by atoms with Gasteiger partial charge in [0, 0.05) is 29.5 Å². The molecule has 0 fully saturated rings. The van der Waals surface area contributed by atoms with Crippen LogP contribution in [-0.2, 0) is 5.75 Å². The van der Waals surface area contributed by atoms with Crippen LogP contribution in [0.5, 0.6) is 5.75 Å². The van der Waals surface area contributed by atoms with E-state index in [-0.39, 0.29) is 0 Å². The Hall–Kier alpha value is -2.87. The van der Waals surface area contributed by atoms with Crippen LogP contribution in [0.15, 0.2) is 42.6 Å². The fourth-order valence-corrected chi connectivity index (χ4v) is 3.98. The first-order valence-electron chi connectivity index (χ1n) is 10.2. The zero-order valence-corrected chi connectivity index (χ0v) is 18.1. The van der Waals surface area contributed by atoms with E-state index >= 15 is 0 Å². The van der Waals surface area contributed by atoms with Gasteiger partial charge >= 0.3 is 0 Å². The van der Waals surface area contributed by atoms with E-state index in [0.717, 1.165) is 49.1 Å². The number of benzene rings is 1. The number of rotatable bonds is 2. The van der Waals surface area contributed by atoms with Crippen LogP contribution < -0.4 is 15.4 Å². The number of thioether (sulfide) groups is 1. The van der Waals surface area contributed by atoms with Gasteiger partial charge < -0.3 is 15.4 Å². The Kier molecular flexibility index (Phi) is 6.86. The molecule has 162 valence electrons. The average molecular weight is 443 g/mol. The van der Waals surface area contributed by atoms with Crippen LogP contribution >= 0.6 is 11.8 Å². The first-order valence-corrected chi connectivity index (χ1v) is 11.6. The molecule has 0 spiro atoms.